The number of para-hydroxylation sites is 1. The Morgan fingerprint density at radius 3 is 2.08 bits per heavy atom. The van der Waals surface area contributed by atoms with Crippen LogP contribution in [0.25, 0.3) is 10.8 Å². The van der Waals surface area contributed by atoms with Gasteiger partial charge >= 0.3 is 7.69 Å². The van der Waals surface area contributed by atoms with Gasteiger partial charge in [0.15, 0.2) is 0 Å². The monoisotopic (exact) mass is 338 g/mol. The summed E-state index contributed by atoms with van der Waals surface area (Å²) in [6, 6.07) is 32.6. The summed E-state index contributed by atoms with van der Waals surface area (Å²) < 4.78 is 5.03. The molecular formula is C22H17BNO2. The maximum atomic E-state index is 8.81. The second-order valence-electron chi connectivity index (χ2n) is 5.89. The Bertz CT molecular complexity index is 998. The molecule has 0 aliphatic rings. The van der Waals surface area contributed by atoms with E-state index in [1.54, 1.807) is 0 Å². The van der Waals surface area contributed by atoms with Crippen LogP contribution in [-0.4, -0.2) is 12.7 Å². The number of nitrogens with zero attached hydrogens (tertiary/aromatic N) is 1. The lowest BCUT2D eigenvalue weighted by atomic mass is 10.1. The van der Waals surface area contributed by atoms with E-state index < -0.39 is 0 Å². The van der Waals surface area contributed by atoms with Crippen LogP contribution in [0.3, 0.4) is 0 Å². The fourth-order valence-corrected chi connectivity index (χ4v) is 3.14. The van der Waals surface area contributed by atoms with Gasteiger partial charge < -0.3 is 14.6 Å². The fraction of sp³-hybridized carbons (Fsp3) is 0. The van der Waals surface area contributed by atoms with E-state index in [1.807, 2.05) is 42.5 Å². The highest BCUT2D eigenvalue weighted by molar-refractivity contribution is 6.17. The van der Waals surface area contributed by atoms with E-state index >= 15 is 0 Å². The van der Waals surface area contributed by atoms with Crippen molar-refractivity contribution in [1.29, 1.82) is 0 Å². The van der Waals surface area contributed by atoms with Gasteiger partial charge in [-0.25, -0.2) is 0 Å². The van der Waals surface area contributed by atoms with Gasteiger partial charge in [0.2, 0.25) is 0 Å². The Labute approximate surface area is 153 Å². The largest absolute Gasteiger partial charge is 0.569 e. The van der Waals surface area contributed by atoms with Crippen LogP contribution < -0.4 is 9.55 Å². The summed E-state index contributed by atoms with van der Waals surface area (Å²) in [4.78, 5) is 2.22. The van der Waals surface area contributed by atoms with Crippen LogP contribution in [0, 0.1) is 0 Å². The SMILES string of the molecule is O[B]Oc1ccc(N(c2ccccc2)c2cccc3ccccc23)cc1. The number of benzene rings is 4. The number of anilines is 3. The minimum absolute atomic E-state index is 0.585. The average Bonchev–Trinajstić information content (AvgIpc) is 2.71. The molecule has 4 rings (SSSR count). The summed E-state index contributed by atoms with van der Waals surface area (Å²) in [6.45, 7) is 0. The van der Waals surface area contributed by atoms with E-state index in [0.717, 1.165) is 17.1 Å². The molecular weight excluding hydrogens is 321 g/mol. The third-order valence-electron chi connectivity index (χ3n) is 4.31. The van der Waals surface area contributed by atoms with E-state index in [-0.39, 0.29) is 0 Å². The molecule has 0 amide bonds. The lowest BCUT2D eigenvalue weighted by Crippen LogP contribution is -2.10. The molecule has 0 aromatic heterocycles. The summed E-state index contributed by atoms with van der Waals surface area (Å²) in [6.07, 6.45) is 0. The zero-order valence-corrected chi connectivity index (χ0v) is 14.1. The number of hydrogen-bond donors (Lipinski definition) is 1. The first kappa shape index (κ1) is 16.2. The van der Waals surface area contributed by atoms with Crippen molar-refractivity contribution in [2.75, 3.05) is 4.90 Å². The molecule has 0 heterocycles. The molecule has 0 unspecified atom stereocenters. The van der Waals surface area contributed by atoms with Gasteiger partial charge in [0.05, 0.1) is 5.69 Å². The van der Waals surface area contributed by atoms with Crippen molar-refractivity contribution < 1.29 is 9.68 Å². The Morgan fingerprint density at radius 2 is 1.31 bits per heavy atom. The van der Waals surface area contributed by atoms with Gasteiger partial charge in [-0.2, -0.15) is 0 Å². The molecule has 0 spiro atoms. The molecule has 4 aromatic carbocycles. The number of hydrogen-bond acceptors (Lipinski definition) is 3. The second kappa shape index (κ2) is 7.34. The van der Waals surface area contributed by atoms with Crippen LogP contribution >= 0.6 is 0 Å². The topological polar surface area (TPSA) is 32.7 Å². The molecule has 0 aliphatic heterocycles. The summed E-state index contributed by atoms with van der Waals surface area (Å²) in [5, 5.41) is 11.2. The van der Waals surface area contributed by atoms with Crippen molar-refractivity contribution in [2.45, 2.75) is 0 Å². The number of rotatable bonds is 5. The molecule has 0 atom stereocenters. The van der Waals surface area contributed by atoms with Crippen LogP contribution in [-0.2, 0) is 0 Å². The van der Waals surface area contributed by atoms with E-state index in [9.17, 15) is 0 Å². The predicted octanol–water partition coefficient (Wildman–Crippen LogP) is 5.21. The third-order valence-corrected chi connectivity index (χ3v) is 4.31. The highest BCUT2D eigenvalue weighted by Crippen LogP contribution is 2.38. The van der Waals surface area contributed by atoms with Gasteiger partial charge in [-0.05, 0) is 47.9 Å². The van der Waals surface area contributed by atoms with Crippen molar-refractivity contribution in [3.05, 3.63) is 97.1 Å². The van der Waals surface area contributed by atoms with E-state index in [0.29, 0.717) is 13.4 Å². The van der Waals surface area contributed by atoms with Crippen molar-refractivity contribution in [3.63, 3.8) is 0 Å². The highest BCUT2D eigenvalue weighted by atomic mass is 16.5. The molecule has 0 fully saturated rings. The van der Waals surface area contributed by atoms with Gasteiger partial charge in [-0.15, -0.1) is 0 Å². The standard InChI is InChI=1S/C22H17BNO2/c25-23-26-20-15-13-19(14-16-20)24(18-9-2-1-3-10-18)22-12-6-8-17-7-4-5-11-21(17)22/h1-16,25H. The van der Waals surface area contributed by atoms with Crippen LogP contribution in [0.15, 0.2) is 97.1 Å². The van der Waals surface area contributed by atoms with Gasteiger partial charge in [0, 0.05) is 16.8 Å². The quantitative estimate of drug-likeness (QED) is 0.507. The Balaban J connectivity index is 1.89. The molecule has 0 bridgehead atoms. The smallest absolute Gasteiger partial charge is 0.537 e. The second-order valence-corrected chi connectivity index (χ2v) is 5.89. The van der Waals surface area contributed by atoms with Crippen LogP contribution in [0.4, 0.5) is 17.1 Å². The average molecular weight is 338 g/mol. The number of fused-ring (bicyclic) bond motifs is 1. The zero-order valence-electron chi connectivity index (χ0n) is 14.1. The first-order valence-corrected chi connectivity index (χ1v) is 8.42. The minimum Gasteiger partial charge on any atom is -0.537 e. The molecule has 1 radical (unpaired) electrons. The molecule has 3 nitrogen and oxygen atoms in total. The first-order chi connectivity index (χ1) is 12.9. The molecule has 4 aromatic rings. The van der Waals surface area contributed by atoms with Gasteiger partial charge in [0.1, 0.15) is 5.75 Å². The van der Waals surface area contributed by atoms with Gasteiger partial charge in [-0.3, -0.25) is 0 Å². The van der Waals surface area contributed by atoms with Gasteiger partial charge in [-0.1, -0.05) is 54.6 Å². The molecule has 26 heavy (non-hydrogen) atoms. The summed E-state index contributed by atoms with van der Waals surface area (Å²) in [7, 11) is 0.689. The molecule has 0 saturated carbocycles. The normalized spacial score (nSPS) is 10.5. The molecule has 4 heteroatoms. The van der Waals surface area contributed by atoms with Crippen molar-refractivity contribution in [2.24, 2.45) is 0 Å². The van der Waals surface area contributed by atoms with Crippen molar-refractivity contribution in [3.8, 4) is 5.75 Å². The van der Waals surface area contributed by atoms with E-state index in [1.165, 1.54) is 10.8 Å². The van der Waals surface area contributed by atoms with Crippen LogP contribution in [0.2, 0.25) is 0 Å². The first-order valence-electron chi connectivity index (χ1n) is 8.42. The van der Waals surface area contributed by atoms with Crippen molar-refractivity contribution >= 4 is 35.5 Å². The molecule has 1 N–H and O–H groups in total. The Hall–Kier alpha value is -3.24. The lowest BCUT2D eigenvalue weighted by Gasteiger charge is -2.27. The predicted molar refractivity (Wildman–Crippen MR) is 107 cm³/mol. The van der Waals surface area contributed by atoms with Crippen LogP contribution in [0.1, 0.15) is 0 Å². The third kappa shape index (κ3) is 3.15. The molecule has 0 aliphatic carbocycles. The Kier molecular flexibility index (Phi) is 4.58. The molecule has 0 saturated heterocycles. The molecule has 125 valence electrons. The zero-order chi connectivity index (χ0) is 17.8. The van der Waals surface area contributed by atoms with E-state index in [2.05, 4.69) is 59.5 Å². The summed E-state index contributed by atoms with van der Waals surface area (Å²) in [5.74, 6) is 0.585. The Morgan fingerprint density at radius 1 is 0.654 bits per heavy atom. The van der Waals surface area contributed by atoms with Crippen molar-refractivity contribution in [1.82, 2.24) is 0 Å². The summed E-state index contributed by atoms with van der Waals surface area (Å²) >= 11 is 0. The van der Waals surface area contributed by atoms with Gasteiger partial charge in [0.25, 0.3) is 0 Å². The lowest BCUT2D eigenvalue weighted by molar-refractivity contribution is 0.454. The van der Waals surface area contributed by atoms with Crippen LogP contribution in [0.5, 0.6) is 5.75 Å². The highest BCUT2D eigenvalue weighted by Gasteiger charge is 2.14. The fourth-order valence-electron chi connectivity index (χ4n) is 3.14. The van der Waals surface area contributed by atoms with E-state index in [4.69, 9.17) is 9.68 Å². The maximum absolute atomic E-state index is 8.81. The minimum atomic E-state index is 0.585. The summed E-state index contributed by atoms with van der Waals surface area (Å²) in [5.41, 5.74) is 3.20. The maximum Gasteiger partial charge on any atom is 0.569 e.